The second-order valence-electron chi connectivity index (χ2n) is 5.46. The maximum absolute atomic E-state index is 9.78. The van der Waals surface area contributed by atoms with Gasteiger partial charge in [-0.25, -0.2) is 0 Å². The fraction of sp³-hybridized carbons (Fsp3) is 0.333. The van der Waals surface area contributed by atoms with Crippen molar-refractivity contribution in [2.24, 2.45) is 0 Å². The van der Waals surface area contributed by atoms with Crippen LogP contribution in [0.5, 0.6) is 23.0 Å². The summed E-state index contributed by atoms with van der Waals surface area (Å²) in [6, 6.07) is 10.7. The molecule has 0 heterocycles. The molecule has 22 heavy (non-hydrogen) atoms. The second kappa shape index (κ2) is 6.18. The van der Waals surface area contributed by atoms with E-state index in [0.29, 0.717) is 11.5 Å². The van der Waals surface area contributed by atoms with E-state index in [4.69, 9.17) is 9.47 Å². The lowest BCUT2D eigenvalue weighted by Crippen LogP contribution is -2.22. The molecule has 2 rings (SSSR count). The minimum Gasteiger partial charge on any atom is -0.504 e. The summed E-state index contributed by atoms with van der Waals surface area (Å²) in [5.74, 6) is 1.13. The summed E-state index contributed by atoms with van der Waals surface area (Å²) in [6.07, 6.45) is 0.842. The third kappa shape index (κ3) is 2.69. The summed E-state index contributed by atoms with van der Waals surface area (Å²) in [6.45, 7) is 4.21. The molecule has 0 aliphatic heterocycles. The first-order valence-corrected chi connectivity index (χ1v) is 7.21. The van der Waals surface area contributed by atoms with Crippen LogP contribution < -0.4 is 9.47 Å². The Morgan fingerprint density at radius 3 is 1.59 bits per heavy atom. The summed E-state index contributed by atoms with van der Waals surface area (Å²) in [5, 5.41) is 19.6. The number of aromatic hydroxyl groups is 2. The highest BCUT2D eigenvalue weighted by atomic mass is 16.5. The molecule has 0 atom stereocenters. The first kappa shape index (κ1) is 16.0. The normalized spacial score (nSPS) is 11.3. The molecule has 0 radical (unpaired) electrons. The molecule has 0 aliphatic rings. The van der Waals surface area contributed by atoms with Gasteiger partial charge in [-0.2, -0.15) is 0 Å². The summed E-state index contributed by atoms with van der Waals surface area (Å²) in [7, 11) is 3.07. The van der Waals surface area contributed by atoms with Crippen LogP contribution in [-0.2, 0) is 5.41 Å². The first-order valence-electron chi connectivity index (χ1n) is 7.21. The van der Waals surface area contributed by atoms with Crippen LogP contribution in [0.1, 0.15) is 31.4 Å². The third-order valence-electron chi connectivity index (χ3n) is 4.34. The van der Waals surface area contributed by atoms with Crippen molar-refractivity contribution in [3.05, 3.63) is 47.5 Å². The summed E-state index contributed by atoms with van der Waals surface area (Å²) >= 11 is 0. The van der Waals surface area contributed by atoms with E-state index in [-0.39, 0.29) is 16.9 Å². The van der Waals surface area contributed by atoms with Gasteiger partial charge in [0.1, 0.15) is 0 Å². The van der Waals surface area contributed by atoms with Gasteiger partial charge in [-0.1, -0.05) is 26.0 Å². The molecule has 0 spiro atoms. The van der Waals surface area contributed by atoms with Crippen molar-refractivity contribution in [2.45, 2.75) is 25.7 Å². The largest absolute Gasteiger partial charge is 0.504 e. The van der Waals surface area contributed by atoms with Gasteiger partial charge in [0.2, 0.25) is 0 Å². The van der Waals surface area contributed by atoms with Crippen LogP contribution in [0.4, 0.5) is 0 Å². The average Bonchev–Trinajstić information content (AvgIpc) is 2.55. The summed E-state index contributed by atoms with van der Waals surface area (Å²) in [5.41, 5.74) is 1.76. The third-order valence-corrected chi connectivity index (χ3v) is 4.34. The predicted molar refractivity (Wildman–Crippen MR) is 86.1 cm³/mol. The van der Waals surface area contributed by atoms with Crippen molar-refractivity contribution in [1.82, 2.24) is 0 Å². The lowest BCUT2D eigenvalue weighted by Gasteiger charge is -2.30. The molecule has 0 aromatic heterocycles. The lowest BCUT2D eigenvalue weighted by atomic mass is 9.74. The molecule has 118 valence electrons. The quantitative estimate of drug-likeness (QED) is 0.881. The van der Waals surface area contributed by atoms with Crippen LogP contribution in [0.25, 0.3) is 0 Å². The lowest BCUT2D eigenvalue weighted by molar-refractivity contribution is 0.369. The van der Waals surface area contributed by atoms with Crippen LogP contribution in [0.15, 0.2) is 36.4 Å². The highest BCUT2D eigenvalue weighted by molar-refractivity contribution is 5.51. The molecule has 0 fully saturated rings. The van der Waals surface area contributed by atoms with Gasteiger partial charge in [0.15, 0.2) is 23.0 Å². The standard InChI is InChI=1S/C18H22O4/c1-5-18(2,12-6-8-14(19)16(10-12)21-3)13-7-9-15(20)17(11-13)22-4/h6-11,19-20H,5H2,1-4H3. The molecule has 0 aliphatic carbocycles. The van der Waals surface area contributed by atoms with E-state index in [2.05, 4.69) is 13.8 Å². The molecular weight excluding hydrogens is 280 g/mol. The molecule has 4 nitrogen and oxygen atoms in total. The van der Waals surface area contributed by atoms with Gasteiger partial charge in [-0.3, -0.25) is 0 Å². The first-order chi connectivity index (χ1) is 10.5. The Bertz CT molecular complexity index is 611. The molecule has 2 N–H and O–H groups in total. The van der Waals surface area contributed by atoms with Gasteiger partial charge in [-0.05, 0) is 41.8 Å². The number of phenols is 2. The van der Waals surface area contributed by atoms with Gasteiger partial charge >= 0.3 is 0 Å². The van der Waals surface area contributed by atoms with Crippen molar-refractivity contribution in [3.8, 4) is 23.0 Å². The van der Waals surface area contributed by atoms with Crippen molar-refractivity contribution in [2.75, 3.05) is 14.2 Å². The van der Waals surface area contributed by atoms with E-state index in [1.807, 2.05) is 24.3 Å². The van der Waals surface area contributed by atoms with E-state index in [1.54, 1.807) is 12.1 Å². The minimum absolute atomic E-state index is 0.119. The highest BCUT2D eigenvalue weighted by Crippen LogP contribution is 2.41. The fourth-order valence-electron chi connectivity index (χ4n) is 2.62. The van der Waals surface area contributed by atoms with Gasteiger partial charge in [0, 0.05) is 5.41 Å². The Morgan fingerprint density at radius 2 is 1.27 bits per heavy atom. The van der Waals surface area contributed by atoms with E-state index >= 15 is 0 Å². The van der Waals surface area contributed by atoms with Gasteiger partial charge < -0.3 is 19.7 Å². The zero-order valence-corrected chi connectivity index (χ0v) is 13.4. The van der Waals surface area contributed by atoms with Gasteiger partial charge in [-0.15, -0.1) is 0 Å². The second-order valence-corrected chi connectivity index (χ2v) is 5.46. The molecule has 0 bridgehead atoms. The summed E-state index contributed by atoms with van der Waals surface area (Å²) in [4.78, 5) is 0. The zero-order chi connectivity index (χ0) is 16.3. The number of hydrogen-bond acceptors (Lipinski definition) is 4. The van der Waals surface area contributed by atoms with Crippen LogP contribution in [0.2, 0.25) is 0 Å². The van der Waals surface area contributed by atoms with E-state index in [0.717, 1.165) is 17.5 Å². The number of benzene rings is 2. The Kier molecular flexibility index (Phi) is 4.50. The summed E-state index contributed by atoms with van der Waals surface area (Å²) < 4.78 is 10.4. The fourth-order valence-corrected chi connectivity index (χ4v) is 2.62. The van der Waals surface area contributed by atoms with Crippen LogP contribution >= 0.6 is 0 Å². The van der Waals surface area contributed by atoms with E-state index in [1.165, 1.54) is 14.2 Å². The Morgan fingerprint density at radius 1 is 0.864 bits per heavy atom. The van der Waals surface area contributed by atoms with Crippen molar-refractivity contribution in [3.63, 3.8) is 0 Å². The molecule has 2 aromatic rings. The molecule has 4 heteroatoms. The Hall–Kier alpha value is -2.36. The average molecular weight is 302 g/mol. The van der Waals surface area contributed by atoms with Gasteiger partial charge in [0.25, 0.3) is 0 Å². The molecule has 0 saturated carbocycles. The Balaban J connectivity index is 2.57. The van der Waals surface area contributed by atoms with Crippen molar-refractivity contribution in [1.29, 1.82) is 0 Å². The zero-order valence-electron chi connectivity index (χ0n) is 13.4. The van der Waals surface area contributed by atoms with Gasteiger partial charge in [0.05, 0.1) is 14.2 Å². The van der Waals surface area contributed by atoms with Crippen LogP contribution in [0, 0.1) is 0 Å². The number of phenolic OH excluding ortho intramolecular Hbond substituents is 2. The van der Waals surface area contributed by atoms with Crippen molar-refractivity contribution < 1.29 is 19.7 Å². The minimum atomic E-state index is -0.290. The molecular formula is C18H22O4. The van der Waals surface area contributed by atoms with Crippen LogP contribution in [-0.4, -0.2) is 24.4 Å². The SMILES string of the molecule is CCC(C)(c1ccc(O)c(OC)c1)c1ccc(O)c(OC)c1. The topological polar surface area (TPSA) is 58.9 Å². The van der Waals surface area contributed by atoms with Crippen molar-refractivity contribution >= 4 is 0 Å². The number of methoxy groups -OCH3 is 2. The maximum atomic E-state index is 9.78. The smallest absolute Gasteiger partial charge is 0.160 e. The molecule has 0 saturated heterocycles. The predicted octanol–water partition coefficient (Wildman–Crippen LogP) is 3.83. The highest BCUT2D eigenvalue weighted by Gasteiger charge is 2.28. The van der Waals surface area contributed by atoms with E-state index < -0.39 is 0 Å². The molecule has 0 amide bonds. The van der Waals surface area contributed by atoms with Crippen LogP contribution in [0.3, 0.4) is 0 Å². The monoisotopic (exact) mass is 302 g/mol. The van der Waals surface area contributed by atoms with E-state index in [9.17, 15) is 10.2 Å². The molecule has 0 unspecified atom stereocenters. The number of ether oxygens (including phenoxy) is 2. The number of hydrogen-bond donors (Lipinski definition) is 2. The Labute approximate surface area is 130 Å². The molecule has 2 aromatic carbocycles. The number of rotatable bonds is 5. The maximum Gasteiger partial charge on any atom is 0.160 e.